The van der Waals surface area contributed by atoms with Crippen LogP contribution in [0.5, 0.6) is 0 Å². The van der Waals surface area contributed by atoms with Crippen LogP contribution >= 0.6 is 0 Å². The van der Waals surface area contributed by atoms with Crippen molar-refractivity contribution in [3.05, 3.63) is 60.2 Å². The maximum Gasteiger partial charge on any atom is 0.320 e. The topological polar surface area (TPSA) is 74.6 Å². The molecular weight excluding hydrogens is 323 g/mol. The first kappa shape index (κ1) is 16.8. The van der Waals surface area contributed by atoms with Crippen LogP contribution in [0.25, 0.3) is 5.65 Å². The van der Waals surface area contributed by atoms with Gasteiger partial charge in [0.25, 0.3) is 0 Å². The van der Waals surface area contributed by atoms with E-state index in [4.69, 9.17) is 0 Å². The van der Waals surface area contributed by atoms with Crippen molar-refractivity contribution in [2.75, 3.05) is 26.0 Å². The van der Waals surface area contributed by atoms with Crippen LogP contribution < -0.4 is 10.6 Å². The number of nitrogens with one attached hydrogen (secondary N) is 2. The van der Waals surface area contributed by atoms with Crippen molar-refractivity contribution in [3.8, 4) is 0 Å². The van der Waals surface area contributed by atoms with Crippen LogP contribution in [-0.4, -0.2) is 46.2 Å². The van der Waals surface area contributed by atoms with Gasteiger partial charge in [0.1, 0.15) is 11.6 Å². The number of rotatable bonds is 5. The molecule has 0 aliphatic carbocycles. The molecule has 1 atom stereocenters. The molecule has 2 heterocycles. The second-order valence-corrected chi connectivity index (χ2v) is 5.80. The zero-order valence-corrected chi connectivity index (χ0v) is 14.0. The lowest BCUT2D eigenvalue weighted by atomic mass is 10.1. The summed E-state index contributed by atoms with van der Waals surface area (Å²) < 4.78 is 15.0. The Labute approximate surface area is 144 Å². The molecule has 25 heavy (non-hydrogen) atoms. The van der Waals surface area contributed by atoms with Crippen LogP contribution in [-0.2, 0) is 0 Å². The van der Waals surface area contributed by atoms with Gasteiger partial charge in [0, 0.05) is 18.8 Å². The summed E-state index contributed by atoms with van der Waals surface area (Å²) in [6.45, 7) is 0.329. The Hall–Kier alpha value is -3.00. The average molecular weight is 342 g/mol. The van der Waals surface area contributed by atoms with Crippen LogP contribution in [0.1, 0.15) is 11.6 Å². The average Bonchev–Trinajstić information content (AvgIpc) is 3.04. The molecule has 0 saturated carbocycles. The van der Waals surface area contributed by atoms with Gasteiger partial charge < -0.3 is 10.2 Å². The Kier molecular flexibility index (Phi) is 4.90. The Balaban J connectivity index is 1.67. The minimum absolute atomic E-state index is 0.149. The van der Waals surface area contributed by atoms with E-state index in [1.807, 2.05) is 25.1 Å². The largest absolute Gasteiger partial charge is 0.336 e. The number of halogens is 1. The summed E-state index contributed by atoms with van der Waals surface area (Å²) in [5.41, 5.74) is 1.44. The molecule has 0 aliphatic rings. The van der Waals surface area contributed by atoms with E-state index in [0.29, 0.717) is 18.0 Å². The van der Waals surface area contributed by atoms with E-state index in [0.717, 1.165) is 5.56 Å². The van der Waals surface area contributed by atoms with Crippen LogP contribution in [0.2, 0.25) is 0 Å². The summed E-state index contributed by atoms with van der Waals surface area (Å²) >= 11 is 0. The minimum Gasteiger partial charge on any atom is -0.336 e. The van der Waals surface area contributed by atoms with E-state index in [1.54, 1.807) is 30.6 Å². The van der Waals surface area contributed by atoms with E-state index >= 15 is 0 Å². The number of carbonyl (C=O) groups is 1. The smallest absolute Gasteiger partial charge is 0.320 e. The third-order valence-corrected chi connectivity index (χ3v) is 3.84. The van der Waals surface area contributed by atoms with Crippen molar-refractivity contribution in [1.29, 1.82) is 0 Å². The van der Waals surface area contributed by atoms with E-state index in [2.05, 4.69) is 20.7 Å². The zero-order valence-electron chi connectivity index (χ0n) is 14.0. The molecule has 3 aromatic rings. The molecule has 0 spiro atoms. The first-order valence-corrected chi connectivity index (χ1v) is 7.80. The molecule has 0 saturated heterocycles. The SMILES string of the molecule is CN(C)C(CNC(=O)Nc1ccnc2ccnn12)c1cccc(F)c1. The molecule has 2 N–H and O–H groups in total. The van der Waals surface area contributed by atoms with Gasteiger partial charge in [0.2, 0.25) is 0 Å². The second kappa shape index (κ2) is 7.27. The molecule has 0 fully saturated rings. The quantitative estimate of drug-likeness (QED) is 0.746. The molecule has 0 bridgehead atoms. The minimum atomic E-state index is -0.369. The van der Waals surface area contributed by atoms with Gasteiger partial charge in [-0.3, -0.25) is 5.32 Å². The Morgan fingerprint density at radius 2 is 2.12 bits per heavy atom. The summed E-state index contributed by atoms with van der Waals surface area (Å²) in [6, 6.07) is 9.26. The molecule has 0 radical (unpaired) electrons. The standard InChI is InChI=1S/C17H19FN6O/c1-23(2)14(12-4-3-5-13(18)10-12)11-20-17(25)22-16-6-8-19-15-7-9-21-24(15)16/h3-10,14H,11H2,1-2H3,(H2,20,22,25). The molecule has 130 valence electrons. The second-order valence-electron chi connectivity index (χ2n) is 5.80. The molecule has 3 rings (SSSR count). The number of hydrogen-bond donors (Lipinski definition) is 2. The number of nitrogens with zero attached hydrogens (tertiary/aromatic N) is 4. The van der Waals surface area contributed by atoms with E-state index in [1.165, 1.54) is 16.6 Å². The van der Waals surface area contributed by atoms with Gasteiger partial charge in [-0.2, -0.15) is 9.61 Å². The van der Waals surface area contributed by atoms with Gasteiger partial charge in [-0.05, 0) is 37.9 Å². The summed E-state index contributed by atoms with van der Waals surface area (Å²) in [7, 11) is 3.76. The predicted molar refractivity (Wildman–Crippen MR) is 92.8 cm³/mol. The number of urea groups is 1. The number of benzene rings is 1. The van der Waals surface area contributed by atoms with Gasteiger partial charge >= 0.3 is 6.03 Å². The molecule has 1 aromatic carbocycles. The highest BCUT2D eigenvalue weighted by Gasteiger charge is 2.16. The predicted octanol–water partition coefficient (Wildman–Crippen LogP) is 2.29. The van der Waals surface area contributed by atoms with Gasteiger partial charge in [0.05, 0.1) is 12.2 Å². The number of amides is 2. The number of aromatic nitrogens is 3. The van der Waals surface area contributed by atoms with Crippen molar-refractivity contribution >= 4 is 17.5 Å². The van der Waals surface area contributed by atoms with Crippen molar-refractivity contribution < 1.29 is 9.18 Å². The molecule has 2 aromatic heterocycles. The van der Waals surface area contributed by atoms with Crippen molar-refractivity contribution in [2.24, 2.45) is 0 Å². The number of fused-ring (bicyclic) bond motifs is 1. The van der Waals surface area contributed by atoms with Crippen LogP contribution in [0, 0.1) is 5.82 Å². The van der Waals surface area contributed by atoms with E-state index in [-0.39, 0.29) is 17.9 Å². The lowest BCUT2D eigenvalue weighted by Gasteiger charge is -2.25. The van der Waals surface area contributed by atoms with E-state index in [9.17, 15) is 9.18 Å². The molecule has 1 unspecified atom stereocenters. The van der Waals surface area contributed by atoms with Gasteiger partial charge in [-0.25, -0.2) is 14.2 Å². The monoisotopic (exact) mass is 342 g/mol. The van der Waals surface area contributed by atoms with Gasteiger partial charge in [-0.1, -0.05) is 12.1 Å². The Morgan fingerprint density at radius 3 is 2.88 bits per heavy atom. The van der Waals surface area contributed by atoms with Crippen LogP contribution in [0.3, 0.4) is 0 Å². The molecular formula is C17H19FN6O. The highest BCUT2D eigenvalue weighted by atomic mass is 19.1. The van der Waals surface area contributed by atoms with Crippen molar-refractivity contribution in [2.45, 2.75) is 6.04 Å². The summed E-state index contributed by atoms with van der Waals surface area (Å²) in [4.78, 5) is 18.3. The number of hydrogen-bond acceptors (Lipinski definition) is 4. The highest BCUT2D eigenvalue weighted by molar-refractivity contribution is 5.88. The maximum atomic E-state index is 13.5. The van der Waals surface area contributed by atoms with Crippen molar-refractivity contribution in [1.82, 2.24) is 24.8 Å². The normalized spacial score (nSPS) is 12.3. The van der Waals surface area contributed by atoms with Crippen molar-refractivity contribution in [3.63, 3.8) is 0 Å². The lowest BCUT2D eigenvalue weighted by molar-refractivity contribution is 0.243. The van der Waals surface area contributed by atoms with Gasteiger partial charge in [0.15, 0.2) is 5.65 Å². The number of anilines is 1. The van der Waals surface area contributed by atoms with Gasteiger partial charge in [-0.15, -0.1) is 0 Å². The van der Waals surface area contributed by atoms with Crippen LogP contribution in [0.15, 0.2) is 48.8 Å². The molecule has 0 aliphatic heterocycles. The first-order chi connectivity index (χ1) is 12.0. The third-order valence-electron chi connectivity index (χ3n) is 3.84. The number of likely N-dealkylation sites (N-methyl/N-ethyl adjacent to an activating group) is 1. The molecule has 2 amide bonds. The van der Waals surface area contributed by atoms with E-state index < -0.39 is 0 Å². The summed E-state index contributed by atoms with van der Waals surface area (Å²) in [6.07, 6.45) is 3.21. The maximum absolute atomic E-state index is 13.5. The summed E-state index contributed by atoms with van der Waals surface area (Å²) in [5, 5.41) is 9.67. The fraction of sp³-hybridized carbons (Fsp3) is 0.235. The fourth-order valence-electron chi connectivity index (χ4n) is 2.59. The molecule has 7 nitrogen and oxygen atoms in total. The Bertz CT molecular complexity index is 878. The van der Waals surface area contributed by atoms with Crippen LogP contribution in [0.4, 0.5) is 15.0 Å². The number of carbonyl (C=O) groups excluding carboxylic acids is 1. The lowest BCUT2D eigenvalue weighted by Crippen LogP contribution is -2.37. The Morgan fingerprint density at radius 1 is 1.28 bits per heavy atom. The molecule has 8 heteroatoms. The fourth-order valence-corrected chi connectivity index (χ4v) is 2.59. The third kappa shape index (κ3) is 3.92. The zero-order chi connectivity index (χ0) is 17.8. The summed E-state index contributed by atoms with van der Waals surface area (Å²) in [5.74, 6) is 0.214. The first-order valence-electron chi connectivity index (χ1n) is 7.80. The highest BCUT2D eigenvalue weighted by Crippen LogP contribution is 2.18.